The summed E-state index contributed by atoms with van der Waals surface area (Å²) in [6.07, 6.45) is -0.544. The smallest absolute Gasteiger partial charge is 0.408 e. The SMILES string of the molecule is C[C@H]1C(=O)N(CCCC(=O)N2CC[C@@](C)(CO)[C@H](O)C2)CCN1C(=O)O. The minimum atomic E-state index is -1.10. The Kier molecular flexibility index (Phi) is 6.46. The Balaban J connectivity index is 1.77. The zero-order valence-electron chi connectivity index (χ0n) is 15.4. The molecule has 0 aromatic rings. The van der Waals surface area contributed by atoms with Crippen molar-refractivity contribution in [3.05, 3.63) is 0 Å². The summed E-state index contributed by atoms with van der Waals surface area (Å²) in [6.45, 7) is 4.99. The molecule has 9 heteroatoms. The van der Waals surface area contributed by atoms with Gasteiger partial charge in [0.2, 0.25) is 11.8 Å². The van der Waals surface area contributed by atoms with Gasteiger partial charge in [-0.05, 0) is 19.8 Å². The Labute approximate surface area is 153 Å². The number of hydrogen-bond donors (Lipinski definition) is 3. The molecule has 0 aromatic carbocycles. The van der Waals surface area contributed by atoms with Crippen LogP contribution in [0.5, 0.6) is 0 Å². The zero-order valence-corrected chi connectivity index (χ0v) is 15.4. The summed E-state index contributed by atoms with van der Waals surface area (Å²) in [4.78, 5) is 40.0. The van der Waals surface area contributed by atoms with Crippen molar-refractivity contribution in [2.75, 3.05) is 39.3 Å². The predicted molar refractivity (Wildman–Crippen MR) is 92.4 cm³/mol. The molecule has 2 saturated heterocycles. The van der Waals surface area contributed by atoms with Crippen LogP contribution in [0.25, 0.3) is 0 Å². The Morgan fingerprint density at radius 2 is 1.96 bits per heavy atom. The van der Waals surface area contributed by atoms with Gasteiger partial charge in [0.1, 0.15) is 6.04 Å². The van der Waals surface area contributed by atoms with Crippen LogP contribution in [0.2, 0.25) is 0 Å². The third-order valence-corrected chi connectivity index (χ3v) is 5.68. The molecule has 2 fully saturated rings. The molecule has 26 heavy (non-hydrogen) atoms. The van der Waals surface area contributed by atoms with Gasteiger partial charge in [0, 0.05) is 44.6 Å². The van der Waals surface area contributed by atoms with E-state index in [4.69, 9.17) is 5.11 Å². The van der Waals surface area contributed by atoms with Crippen molar-refractivity contribution >= 4 is 17.9 Å². The van der Waals surface area contributed by atoms with Crippen LogP contribution in [-0.4, -0.2) is 99.4 Å². The van der Waals surface area contributed by atoms with Crippen LogP contribution in [0.15, 0.2) is 0 Å². The second-order valence-electron chi connectivity index (χ2n) is 7.50. The highest BCUT2D eigenvalue weighted by Gasteiger charge is 2.39. The van der Waals surface area contributed by atoms with Gasteiger partial charge in [0.05, 0.1) is 12.7 Å². The summed E-state index contributed by atoms with van der Waals surface area (Å²) >= 11 is 0. The number of likely N-dealkylation sites (tertiary alicyclic amines) is 1. The van der Waals surface area contributed by atoms with E-state index in [1.165, 1.54) is 0 Å². The van der Waals surface area contributed by atoms with Crippen LogP contribution in [0.1, 0.15) is 33.1 Å². The molecule has 148 valence electrons. The number of piperidine rings is 1. The number of hydrogen-bond acceptors (Lipinski definition) is 5. The van der Waals surface area contributed by atoms with Crippen LogP contribution in [-0.2, 0) is 9.59 Å². The van der Waals surface area contributed by atoms with Crippen molar-refractivity contribution in [3.8, 4) is 0 Å². The number of piperazine rings is 1. The fraction of sp³-hybridized carbons (Fsp3) is 0.824. The summed E-state index contributed by atoms with van der Waals surface area (Å²) in [7, 11) is 0. The lowest BCUT2D eigenvalue weighted by atomic mass is 9.78. The van der Waals surface area contributed by atoms with E-state index in [0.29, 0.717) is 32.5 Å². The summed E-state index contributed by atoms with van der Waals surface area (Å²) in [5.41, 5.74) is -0.566. The highest BCUT2D eigenvalue weighted by Crippen LogP contribution is 2.30. The fourth-order valence-corrected chi connectivity index (χ4v) is 3.48. The second-order valence-corrected chi connectivity index (χ2v) is 7.50. The van der Waals surface area contributed by atoms with Crippen molar-refractivity contribution in [2.24, 2.45) is 5.41 Å². The van der Waals surface area contributed by atoms with Crippen molar-refractivity contribution in [1.29, 1.82) is 0 Å². The number of rotatable bonds is 5. The summed E-state index contributed by atoms with van der Waals surface area (Å²) in [5, 5.41) is 28.6. The third-order valence-electron chi connectivity index (χ3n) is 5.68. The van der Waals surface area contributed by atoms with E-state index < -0.39 is 23.7 Å². The van der Waals surface area contributed by atoms with Crippen LogP contribution < -0.4 is 0 Å². The van der Waals surface area contributed by atoms with Gasteiger partial charge < -0.3 is 25.1 Å². The van der Waals surface area contributed by atoms with E-state index in [2.05, 4.69) is 0 Å². The molecule has 0 bridgehead atoms. The Hall–Kier alpha value is -1.87. The van der Waals surface area contributed by atoms with Crippen LogP contribution in [0.3, 0.4) is 0 Å². The lowest BCUT2D eigenvalue weighted by Crippen LogP contribution is -2.57. The Morgan fingerprint density at radius 3 is 2.54 bits per heavy atom. The van der Waals surface area contributed by atoms with E-state index in [1.54, 1.807) is 16.7 Å². The molecule has 2 aliphatic heterocycles. The number of carboxylic acid groups (broad SMARTS) is 1. The molecule has 2 heterocycles. The Morgan fingerprint density at radius 1 is 1.27 bits per heavy atom. The van der Waals surface area contributed by atoms with E-state index >= 15 is 0 Å². The number of amides is 3. The number of carbonyl (C=O) groups is 3. The molecule has 2 aliphatic rings. The molecule has 0 aromatic heterocycles. The topological polar surface area (TPSA) is 122 Å². The summed E-state index contributed by atoms with van der Waals surface area (Å²) in [5.74, 6) is -0.313. The molecule has 3 amide bonds. The maximum absolute atomic E-state index is 12.3. The molecular formula is C17H29N3O6. The first-order valence-electron chi connectivity index (χ1n) is 9.04. The largest absolute Gasteiger partial charge is 0.465 e. The first-order chi connectivity index (χ1) is 12.2. The quantitative estimate of drug-likeness (QED) is 0.603. The van der Waals surface area contributed by atoms with Crippen LogP contribution >= 0.6 is 0 Å². The van der Waals surface area contributed by atoms with Crippen molar-refractivity contribution in [3.63, 3.8) is 0 Å². The molecule has 2 rings (SSSR count). The molecule has 0 aliphatic carbocycles. The standard InChI is InChI=1S/C17H29N3O6/c1-12-15(24)18(8-9-20(12)16(25)26)6-3-4-14(23)19-7-5-17(2,11-21)13(22)10-19/h12-13,21-22H,3-11H2,1-2H3,(H,25,26)/t12-,13+,17-/m0/s1. The molecule has 0 saturated carbocycles. The lowest BCUT2D eigenvalue weighted by Gasteiger charge is -2.42. The number of nitrogens with zero attached hydrogens (tertiary/aromatic N) is 3. The second kappa shape index (κ2) is 8.22. The highest BCUT2D eigenvalue weighted by atomic mass is 16.4. The van der Waals surface area contributed by atoms with E-state index in [0.717, 1.165) is 4.90 Å². The van der Waals surface area contributed by atoms with Gasteiger partial charge in [-0.25, -0.2) is 4.79 Å². The van der Waals surface area contributed by atoms with Crippen LogP contribution in [0, 0.1) is 5.41 Å². The average molecular weight is 371 g/mol. The van der Waals surface area contributed by atoms with Gasteiger partial charge in [-0.15, -0.1) is 0 Å². The molecule has 3 atom stereocenters. The first kappa shape index (κ1) is 20.4. The molecule has 0 spiro atoms. The van der Waals surface area contributed by atoms with E-state index in [-0.39, 0.29) is 37.9 Å². The predicted octanol–water partition coefficient (Wildman–Crippen LogP) is -0.431. The van der Waals surface area contributed by atoms with Gasteiger partial charge >= 0.3 is 6.09 Å². The molecule has 0 unspecified atom stereocenters. The summed E-state index contributed by atoms with van der Waals surface area (Å²) in [6, 6.07) is -0.703. The average Bonchev–Trinajstić information content (AvgIpc) is 2.60. The van der Waals surface area contributed by atoms with Crippen LogP contribution in [0.4, 0.5) is 4.79 Å². The minimum Gasteiger partial charge on any atom is -0.465 e. The lowest BCUT2D eigenvalue weighted by molar-refractivity contribution is -0.142. The number of aliphatic hydroxyl groups is 2. The van der Waals surface area contributed by atoms with Gasteiger partial charge in [-0.2, -0.15) is 0 Å². The maximum atomic E-state index is 12.3. The van der Waals surface area contributed by atoms with Crippen molar-refractivity contribution in [1.82, 2.24) is 14.7 Å². The zero-order chi connectivity index (χ0) is 19.5. The van der Waals surface area contributed by atoms with E-state index in [1.807, 2.05) is 6.92 Å². The normalized spacial score (nSPS) is 29.8. The number of aliphatic hydroxyl groups excluding tert-OH is 2. The fourth-order valence-electron chi connectivity index (χ4n) is 3.48. The number of carbonyl (C=O) groups excluding carboxylic acids is 2. The number of β-amino-alcohol motifs (C(OH)–C–C–N with tert-alkyl or cyclic N) is 1. The third kappa shape index (κ3) is 4.27. The first-order valence-corrected chi connectivity index (χ1v) is 9.04. The Bertz CT molecular complexity index is 557. The monoisotopic (exact) mass is 371 g/mol. The van der Waals surface area contributed by atoms with E-state index in [9.17, 15) is 24.6 Å². The highest BCUT2D eigenvalue weighted by molar-refractivity contribution is 5.86. The van der Waals surface area contributed by atoms with Gasteiger partial charge in [-0.1, -0.05) is 6.92 Å². The minimum absolute atomic E-state index is 0.0753. The van der Waals surface area contributed by atoms with Crippen molar-refractivity contribution < 1.29 is 29.7 Å². The molecule has 9 nitrogen and oxygen atoms in total. The molecule has 3 N–H and O–H groups in total. The van der Waals surface area contributed by atoms with Gasteiger partial charge in [0.15, 0.2) is 0 Å². The van der Waals surface area contributed by atoms with Gasteiger partial charge in [0.25, 0.3) is 0 Å². The maximum Gasteiger partial charge on any atom is 0.408 e. The van der Waals surface area contributed by atoms with Crippen molar-refractivity contribution in [2.45, 2.75) is 45.3 Å². The summed E-state index contributed by atoms with van der Waals surface area (Å²) < 4.78 is 0. The molecule has 0 radical (unpaired) electrons. The molecular weight excluding hydrogens is 342 g/mol. The van der Waals surface area contributed by atoms with Gasteiger partial charge in [-0.3, -0.25) is 14.5 Å².